The molecule has 0 radical (unpaired) electrons. The number of nitrogens with two attached hydrogens (primary N) is 1. The van der Waals surface area contributed by atoms with Gasteiger partial charge in [0.2, 0.25) is 0 Å². The van der Waals surface area contributed by atoms with Crippen molar-refractivity contribution in [3.8, 4) is 28.3 Å². The van der Waals surface area contributed by atoms with Crippen LogP contribution in [0.2, 0.25) is 0 Å². The molecule has 8 heteroatoms. The van der Waals surface area contributed by atoms with E-state index in [0.29, 0.717) is 48.3 Å². The smallest absolute Gasteiger partial charge is 0.357 e. The van der Waals surface area contributed by atoms with E-state index in [1.54, 1.807) is 23.9 Å². The third kappa shape index (κ3) is 5.60. The Morgan fingerprint density at radius 3 is 2.42 bits per heavy atom. The zero-order chi connectivity index (χ0) is 25.5. The number of ether oxygens (including phenoxy) is 2. The molecule has 0 bridgehead atoms. The van der Waals surface area contributed by atoms with Crippen molar-refractivity contribution in [2.45, 2.75) is 39.8 Å². The van der Waals surface area contributed by atoms with Gasteiger partial charge >= 0.3 is 5.97 Å². The normalized spacial score (nSPS) is 11.0. The molecule has 36 heavy (non-hydrogen) atoms. The van der Waals surface area contributed by atoms with E-state index in [1.165, 1.54) is 11.9 Å². The van der Waals surface area contributed by atoms with Crippen molar-refractivity contribution in [3.63, 3.8) is 0 Å². The number of rotatable bonds is 10. The lowest BCUT2D eigenvalue weighted by Gasteiger charge is -2.11. The van der Waals surface area contributed by atoms with E-state index in [2.05, 4.69) is 53.2 Å². The van der Waals surface area contributed by atoms with Gasteiger partial charge in [0, 0.05) is 18.3 Å². The molecular formula is C28H31N5O3. The van der Waals surface area contributed by atoms with Gasteiger partial charge in [-0.05, 0) is 47.7 Å². The third-order valence-electron chi connectivity index (χ3n) is 5.78. The van der Waals surface area contributed by atoms with Gasteiger partial charge < -0.3 is 15.2 Å². The van der Waals surface area contributed by atoms with Crippen LogP contribution in [0.15, 0.2) is 67.1 Å². The Balaban J connectivity index is 1.66. The fourth-order valence-electron chi connectivity index (χ4n) is 3.92. The number of carbonyl (C=O) groups is 1. The van der Waals surface area contributed by atoms with Gasteiger partial charge in [-0.2, -0.15) is 5.10 Å². The van der Waals surface area contributed by atoms with Gasteiger partial charge in [-0.3, -0.25) is 4.68 Å². The molecule has 0 saturated heterocycles. The first-order chi connectivity index (χ1) is 17.5. The lowest BCUT2D eigenvalue weighted by atomic mass is 10.0. The molecule has 2 heterocycles. The molecule has 4 rings (SSSR count). The summed E-state index contributed by atoms with van der Waals surface area (Å²) in [5.74, 6) is 0.759. The van der Waals surface area contributed by atoms with Crippen LogP contribution in [0.1, 0.15) is 48.3 Å². The van der Waals surface area contributed by atoms with Crippen molar-refractivity contribution in [2.24, 2.45) is 5.73 Å². The monoisotopic (exact) mass is 485 g/mol. The highest BCUT2D eigenvalue weighted by Gasteiger charge is 2.27. The minimum atomic E-state index is -0.459. The van der Waals surface area contributed by atoms with Crippen LogP contribution in [0.5, 0.6) is 5.75 Å². The second-order valence-electron chi connectivity index (χ2n) is 8.61. The van der Waals surface area contributed by atoms with Crippen LogP contribution >= 0.6 is 0 Å². The van der Waals surface area contributed by atoms with E-state index in [-0.39, 0.29) is 6.61 Å². The lowest BCUT2D eigenvalue weighted by molar-refractivity contribution is 0.0513. The van der Waals surface area contributed by atoms with E-state index in [9.17, 15) is 4.79 Å². The number of esters is 1. The molecule has 2 aromatic heterocycles. The highest BCUT2D eigenvalue weighted by Crippen LogP contribution is 2.35. The van der Waals surface area contributed by atoms with Crippen LogP contribution in [0, 0.1) is 0 Å². The quantitative estimate of drug-likeness (QED) is 0.320. The summed E-state index contributed by atoms with van der Waals surface area (Å²) in [7, 11) is 0. The molecule has 4 aromatic rings. The summed E-state index contributed by atoms with van der Waals surface area (Å²) in [6.07, 6.45) is 3.10. The predicted molar refractivity (Wildman–Crippen MR) is 139 cm³/mol. The second-order valence-corrected chi connectivity index (χ2v) is 8.61. The van der Waals surface area contributed by atoms with Gasteiger partial charge in [-0.25, -0.2) is 14.8 Å². The maximum absolute atomic E-state index is 13.0. The number of hydrogen-bond donors (Lipinski definition) is 1. The average Bonchev–Trinajstić information content (AvgIpc) is 3.28. The molecule has 0 unspecified atom stereocenters. The van der Waals surface area contributed by atoms with Gasteiger partial charge in [-0.15, -0.1) is 0 Å². The van der Waals surface area contributed by atoms with Crippen LogP contribution in [0.4, 0.5) is 0 Å². The maximum atomic E-state index is 13.0. The second kappa shape index (κ2) is 11.6. The molecule has 0 spiro atoms. The van der Waals surface area contributed by atoms with E-state index in [1.807, 2.05) is 24.3 Å². The van der Waals surface area contributed by atoms with Crippen molar-refractivity contribution >= 4 is 5.97 Å². The Hall–Kier alpha value is -4.04. The van der Waals surface area contributed by atoms with E-state index >= 15 is 0 Å². The minimum absolute atomic E-state index is 0.250. The average molecular weight is 486 g/mol. The summed E-state index contributed by atoms with van der Waals surface area (Å²) >= 11 is 0. The zero-order valence-corrected chi connectivity index (χ0v) is 20.8. The largest absolute Gasteiger partial charge is 0.489 e. The molecule has 0 aliphatic carbocycles. The first-order valence-electron chi connectivity index (χ1n) is 12.1. The van der Waals surface area contributed by atoms with Gasteiger partial charge in [0.15, 0.2) is 5.69 Å². The van der Waals surface area contributed by atoms with Crippen molar-refractivity contribution in [1.29, 1.82) is 0 Å². The van der Waals surface area contributed by atoms with Crippen LogP contribution in [-0.2, 0) is 17.9 Å². The van der Waals surface area contributed by atoms with Crippen molar-refractivity contribution in [2.75, 3.05) is 13.2 Å². The Kier molecular flexibility index (Phi) is 8.07. The molecular weight excluding hydrogens is 454 g/mol. The molecule has 2 aromatic carbocycles. The summed E-state index contributed by atoms with van der Waals surface area (Å²) in [5, 5.41) is 4.68. The highest BCUT2D eigenvalue weighted by atomic mass is 16.5. The summed E-state index contributed by atoms with van der Waals surface area (Å²) in [4.78, 5) is 21.3. The minimum Gasteiger partial charge on any atom is -0.489 e. The van der Waals surface area contributed by atoms with Crippen LogP contribution in [0.3, 0.4) is 0 Å². The zero-order valence-electron chi connectivity index (χ0n) is 20.8. The number of benzene rings is 2. The molecule has 186 valence electrons. The van der Waals surface area contributed by atoms with Crippen molar-refractivity contribution < 1.29 is 14.3 Å². The van der Waals surface area contributed by atoms with Gasteiger partial charge in [0.1, 0.15) is 24.4 Å². The molecule has 0 aliphatic heterocycles. The summed E-state index contributed by atoms with van der Waals surface area (Å²) in [6.45, 7) is 7.53. The lowest BCUT2D eigenvalue weighted by Crippen LogP contribution is -2.18. The Labute approximate surface area is 211 Å². The number of aromatic nitrogens is 4. The molecule has 0 fully saturated rings. The highest BCUT2D eigenvalue weighted by molar-refractivity contribution is 6.00. The molecule has 8 nitrogen and oxygen atoms in total. The molecule has 0 atom stereocenters. The predicted octanol–water partition coefficient (Wildman–Crippen LogP) is 4.84. The van der Waals surface area contributed by atoms with E-state index in [0.717, 1.165) is 16.9 Å². The standard InChI is InChI=1S/C28H31N5O3/c1-4-35-28(34)27-25(26(32-33(27)16-14-29)24-13-15-30-18-31-24)22-9-11-23(12-10-22)36-17-20-5-7-21(8-6-20)19(2)3/h5-13,15,18-19H,4,14,16-17,29H2,1-3H3. The van der Waals surface area contributed by atoms with Crippen molar-refractivity contribution in [1.82, 2.24) is 19.7 Å². The Bertz CT molecular complexity index is 1280. The van der Waals surface area contributed by atoms with Crippen LogP contribution in [0.25, 0.3) is 22.5 Å². The fourth-order valence-corrected chi connectivity index (χ4v) is 3.92. The first-order valence-corrected chi connectivity index (χ1v) is 12.1. The van der Waals surface area contributed by atoms with Gasteiger partial charge in [-0.1, -0.05) is 50.2 Å². The topological polar surface area (TPSA) is 105 Å². The van der Waals surface area contributed by atoms with Crippen LogP contribution in [-0.4, -0.2) is 38.9 Å². The van der Waals surface area contributed by atoms with Crippen molar-refractivity contribution in [3.05, 3.63) is 83.9 Å². The summed E-state index contributed by atoms with van der Waals surface area (Å²) in [6, 6.07) is 17.8. The Morgan fingerprint density at radius 1 is 1.06 bits per heavy atom. The first kappa shape index (κ1) is 25.1. The Morgan fingerprint density at radius 2 is 1.81 bits per heavy atom. The SMILES string of the molecule is CCOC(=O)c1c(-c2ccc(OCc3ccc(C(C)C)cc3)cc2)c(-c2ccncn2)nn1CCN. The van der Waals surface area contributed by atoms with E-state index in [4.69, 9.17) is 15.2 Å². The summed E-state index contributed by atoms with van der Waals surface area (Å²) in [5.41, 5.74) is 11.1. The third-order valence-corrected chi connectivity index (χ3v) is 5.78. The summed E-state index contributed by atoms with van der Waals surface area (Å²) < 4.78 is 13.0. The number of hydrogen-bond acceptors (Lipinski definition) is 7. The number of nitrogens with zero attached hydrogens (tertiary/aromatic N) is 4. The van der Waals surface area contributed by atoms with Gasteiger partial charge in [0.25, 0.3) is 0 Å². The van der Waals surface area contributed by atoms with Crippen LogP contribution < -0.4 is 10.5 Å². The maximum Gasteiger partial charge on any atom is 0.357 e. The van der Waals surface area contributed by atoms with Gasteiger partial charge in [0.05, 0.1) is 18.8 Å². The molecule has 0 saturated carbocycles. The number of carbonyl (C=O) groups excluding carboxylic acids is 1. The molecule has 2 N–H and O–H groups in total. The molecule has 0 aliphatic rings. The van der Waals surface area contributed by atoms with E-state index < -0.39 is 5.97 Å². The fraction of sp³-hybridized carbons (Fsp3) is 0.286. The molecule has 0 amide bonds.